The Morgan fingerprint density at radius 2 is 1.72 bits per heavy atom. The van der Waals surface area contributed by atoms with Gasteiger partial charge in [0.25, 0.3) is 0 Å². The summed E-state index contributed by atoms with van der Waals surface area (Å²) in [6.45, 7) is 2.33. The van der Waals surface area contributed by atoms with Gasteiger partial charge in [-0.15, -0.1) is 0 Å². The number of pyridine rings is 1. The van der Waals surface area contributed by atoms with Gasteiger partial charge in [-0.05, 0) is 49.2 Å². The van der Waals surface area contributed by atoms with E-state index in [4.69, 9.17) is 0 Å². The number of nitrogens with one attached hydrogen (secondary N) is 1. The van der Waals surface area contributed by atoms with Gasteiger partial charge in [0.2, 0.25) is 5.43 Å². The van der Waals surface area contributed by atoms with E-state index in [9.17, 15) is 19.1 Å². The number of carboxylic acid groups (broad SMARTS) is 1. The van der Waals surface area contributed by atoms with Gasteiger partial charge in [-0.3, -0.25) is 4.79 Å². The van der Waals surface area contributed by atoms with Crippen LogP contribution in [0.4, 0.5) is 20.2 Å². The van der Waals surface area contributed by atoms with Crippen molar-refractivity contribution in [1.29, 1.82) is 0 Å². The lowest BCUT2D eigenvalue weighted by Crippen LogP contribution is -2.48. The topological polar surface area (TPSA) is 77.8 Å². The number of aromatic carboxylic acids is 1. The summed E-state index contributed by atoms with van der Waals surface area (Å²) in [6, 6.07) is 9.06. The number of hydrogen-bond donors (Lipinski definition) is 2. The van der Waals surface area contributed by atoms with Crippen LogP contribution in [0.15, 0.2) is 47.4 Å². The standard InChI is InChI=1S/C23H22F2N4O3/c24-14-1-3-15(4-2-14)26-28-9-7-27(8-10-28)21-12-20-17(11-19(21)25)22(30)18(23(31)32)13-29(20)16-5-6-16/h1-4,11-13,16,26H,5-10H2,(H,31,32). The van der Waals surface area contributed by atoms with Gasteiger partial charge in [-0.25, -0.2) is 18.6 Å². The summed E-state index contributed by atoms with van der Waals surface area (Å²) >= 11 is 0. The molecule has 2 fully saturated rings. The monoisotopic (exact) mass is 440 g/mol. The second kappa shape index (κ2) is 7.90. The highest BCUT2D eigenvalue weighted by Crippen LogP contribution is 2.38. The van der Waals surface area contributed by atoms with Crippen molar-refractivity contribution >= 4 is 28.2 Å². The lowest BCUT2D eigenvalue weighted by molar-refractivity contribution is 0.0695. The van der Waals surface area contributed by atoms with Crippen LogP contribution in [0, 0.1) is 11.6 Å². The molecule has 0 unspecified atom stereocenters. The van der Waals surface area contributed by atoms with Gasteiger partial charge < -0.3 is 20.0 Å². The Bertz CT molecular complexity index is 1250. The van der Waals surface area contributed by atoms with E-state index in [0.29, 0.717) is 37.4 Å². The molecule has 2 N–H and O–H groups in total. The van der Waals surface area contributed by atoms with Gasteiger partial charge in [0, 0.05) is 49.5 Å². The predicted molar refractivity (Wildman–Crippen MR) is 117 cm³/mol. The molecule has 1 aromatic heterocycles. The number of fused-ring (bicyclic) bond motifs is 1. The number of hydrogen-bond acceptors (Lipinski definition) is 5. The maximum Gasteiger partial charge on any atom is 0.341 e. The van der Waals surface area contributed by atoms with Gasteiger partial charge in [-0.1, -0.05) is 0 Å². The first-order valence-corrected chi connectivity index (χ1v) is 10.5. The van der Waals surface area contributed by atoms with E-state index < -0.39 is 17.2 Å². The van der Waals surface area contributed by atoms with Crippen molar-refractivity contribution in [3.05, 3.63) is 70.0 Å². The number of halogens is 2. The predicted octanol–water partition coefficient (Wildman–Crippen LogP) is 3.46. The molecule has 2 aromatic carbocycles. The van der Waals surface area contributed by atoms with Crippen molar-refractivity contribution in [3.63, 3.8) is 0 Å². The number of piperazine rings is 1. The summed E-state index contributed by atoms with van der Waals surface area (Å²) in [5.41, 5.74) is 3.96. The maximum atomic E-state index is 15.0. The third kappa shape index (κ3) is 3.80. The molecule has 2 aliphatic rings. The number of carbonyl (C=O) groups is 1. The molecule has 7 nitrogen and oxygen atoms in total. The molecule has 9 heteroatoms. The van der Waals surface area contributed by atoms with Crippen LogP contribution in [0.3, 0.4) is 0 Å². The Labute approximate surface area is 182 Å². The molecule has 2 heterocycles. The summed E-state index contributed by atoms with van der Waals surface area (Å²) in [4.78, 5) is 26.0. The molecule has 32 heavy (non-hydrogen) atoms. The van der Waals surface area contributed by atoms with E-state index in [2.05, 4.69) is 5.43 Å². The Hall–Kier alpha value is -3.46. The number of carboxylic acids is 1. The number of nitrogens with zero attached hydrogens (tertiary/aromatic N) is 3. The largest absolute Gasteiger partial charge is 0.477 e. The molecule has 0 spiro atoms. The Balaban J connectivity index is 1.41. The van der Waals surface area contributed by atoms with Crippen LogP contribution in [-0.4, -0.2) is 46.8 Å². The van der Waals surface area contributed by atoms with E-state index in [-0.39, 0.29) is 22.8 Å². The van der Waals surface area contributed by atoms with E-state index in [1.807, 2.05) is 9.91 Å². The first-order valence-electron chi connectivity index (χ1n) is 10.5. The van der Waals surface area contributed by atoms with E-state index in [1.54, 1.807) is 22.8 Å². The van der Waals surface area contributed by atoms with Crippen molar-refractivity contribution in [2.45, 2.75) is 18.9 Å². The minimum Gasteiger partial charge on any atom is -0.477 e. The number of benzene rings is 2. The lowest BCUT2D eigenvalue weighted by Gasteiger charge is -2.36. The number of rotatable bonds is 5. The quantitative estimate of drug-likeness (QED) is 0.633. The van der Waals surface area contributed by atoms with Crippen molar-refractivity contribution < 1.29 is 18.7 Å². The third-order valence-corrected chi connectivity index (χ3v) is 6.02. The Morgan fingerprint density at radius 3 is 2.34 bits per heavy atom. The normalized spacial score (nSPS) is 17.0. The molecule has 1 saturated heterocycles. The minimum absolute atomic E-state index is 0.0923. The molecular formula is C23H22F2N4O3. The molecule has 0 amide bonds. The zero-order valence-corrected chi connectivity index (χ0v) is 17.2. The van der Waals surface area contributed by atoms with Gasteiger partial charge in [0.1, 0.15) is 17.2 Å². The molecule has 166 valence electrons. The van der Waals surface area contributed by atoms with Crippen molar-refractivity contribution in [2.75, 3.05) is 36.5 Å². The van der Waals surface area contributed by atoms with Crippen LogP contribution in [0.25, 0.3) is 10.9 Å². The van der Waals surface area contributed by atoms with E-state index in [0.717, 1.165) is 18.5 Å². The smallest absolute Gasteiger partial charge is 0.341 e. The highest BCUT2D eigenvalue weighted by atomic mass is 19.1. The molecule has 1 aliphatic carbocycles. The highest BCUT2D eigenvalue weighted by Gasteiger charge is 2.28. The zero-order chi connectivity index (χ0) is 22.4. The van der Waals surface area contributed by atoms with Crippen LogP contribution in [-0.2, 0) is 0 Å². The van der Waals surface area contributed by atoms with Crippen LogP contribution >= 0.6 is 0 Å². The summed E-state index contributed by atoms with van der Waals surface area (Å²) in [7, 11) is 0. The zero-order valence-electron chi connectivity index (χ0n) is 17.2. The fourth-order valence-electron chi connectivity index (χ4n) is 4.17. The van der Waals surface area contributed by atoms with Crippen molar-refractivity contribution in [3.8, 4) is 0 Å². The van der Waals surface area contributed by atoms with Crippen LogP contribution < -0.4 is 15.8 Å². The second-order valence-corrected chi connectivity index (χ2v) is 8.23. The summed E-state index contributed by atoms with van der Waals surface area (Å²) in [5.74, 6) is -2.15. The van der Waals surface area contributed by atoms with Gasteiger partial charge in [-0.2, -0.15) is 0 Å². The van der Waals surface area contributed by atoms with Gasteiger partial charge >= 0.3 is 5.97 Å². The fourth-order valence-corrected chi connectivity index (χ4v) is 4.17. The highest BCUT2D eigenvalue weighted by molar-refractivity contribution is 5.93. The van der Waals surface area contributed by atoms with Crippen LogP contribution in [0.2, 0.25) is 0 Å². The van der Waals surface area contributed by atoms with Gasteiger partial charge in [0.15, 0.2) is 0 Å². The van der Waals surface area contributed by atoms with Crippen molar-refractivity contribution in [2.24, 2.45) is 0 Å². The average Bonchev–Trinajstić information content (AvgIpc) is 3.61. The number of hydrazine groups is 1. The Morgan fingerprint density at radius 1 is 1.03 bits per heavy atom. The molecule has 5 rings (SSSR count). The molecule has 0 bridgehead atoms. The lowest BCUT2D eigenvalue weighted by atomic mass is 10.1. The van der Waals surface area contributed by atoms with Crippen LogP contribution in [0.1, 0.15) is 29.2 Å². The summed E-state index contributed by atoms with van der Waals surface area (Å²) in [6.07, 6.45) is 3.19. The Kier molecular flexibility index (Phi) is 5.05. The molecule has 0 atom stereocenters. The van der Waals surface area contributed by atoms with Crippen molar-refractivity contribution in [1.82, 2.24) is 9.58 Å². The van der Waals surface area contributed by atoms with Gasteiger partial charge in [0.05, 0.1) is 11.2 Å². The first-order chi connectivity index (χ1) is 15.4. The fraction of sp³-hybridized carbons (Fsp3) is 0.304. The molecule has 1 aliphatic heterocycles. The average molecular weight is 440 g/mol. The molecular weight excluding hydrogens is 418 g/mol. The minimum atomic E-state index is -1.31. The maximum absolute atomic E-state index is 15.0. The molecule has 0 radical (unpaired) electrons. The van der Waals surface area contributed by atoms with Crippen LogP contribution in [0.5, 0.6) is 0 Å². The third-order valence-electron chi connectivity index (χ3n) is 6.02. The van der Waals surface area contributed by atoms with E-state index in [1.165, 1.54) is 24.4 Å². The first kappa shape index (κ1) is 20.4. The number of anilines is 2. The molecule has 1 saturated carbocycles. The summed E-state index contributed by atoms with van der Waals surface area (Å²) in [5, 5.41) is 11.5. The SMILES string of the molecule is O=C(O)c1cn(C2CC2)c2cc(N3CCN(Nc4ccc(F)cc4)CC3)c(F)cc2c1=O. The summed E-state index contributed by atoms with van der Waals surface area (Å²) < 4.78 is 29.9. The van der Waals surface area contributed by atoms with E-state index >= 15 is 4.39 Å². The number of aromatic nitrogens is 1. The second-order valence-electron chi connectivity index (χ2n) is 8.23. The molecule has 3 aromatic rings.